The standard InChI is InChI=1S/C29H36N6O/c1-20(2)27(28-31-32-33-35(28)18-22-10-6-4-7-11-22)34(25-12-8-5-9-13-25)19-24-17-23-15-14-21(3)16-26(23)30-29(24)36/h4,6-7,10-11,14-17,20,25,27H,5,8-9,12-13,18-19H2,1-3H3,(H,30,36)/t27-/m0/s1. The summed E-state index contributed by atoms with van der Waals surface area (Å²) in [5.74, 6) is 1.14. The second-order valence-electron chi connectivity index (χ2n) is 10.5. The summed E-state index contributed by atoms with van der Waals surface area (Å²) in [6.07, 6.45) is 5.98. The van der Waals surface area contributed by atoms with Crippen molar-refractivity contribution in [2.75, 3.05) is 0 Å². The zero-order valence-corrected chi connectivity index (χ0v) is 21.5. The molecule has 2 aromatic heterocycles. The van der Waals surface area contributed by atoms with Gasteiger partial charge in [-0.3, -0.25) is 9.69 Å². The van der Waals surface area contributed by atoms with Crippen LogP contribution in [-0.2, 0) is 13.1 Å². The molecule has 2 heterocycles. The lowest BCUT2D eigenvalue weighted by atomic mass is 9.90. The molecule has 0 saturated heterocycles. The minimum atomic E-state index is -0.0136. The van der Waals surface area contributed by atoms with Gasteiger partial charge in [0.2, 0.25) is 0 Å². The summed E-state index contributed by atoms with van der Waals surface area (Å²) >= 11 is 0. The van der Waals surface area contributed by atoms with Gasteiger partial charge in [0.25, 0.3) is 5.56 Å². The van der Waals surface area contributed by atoms with Gasteiger partial charge in [-0.25, -0.2) is 4.68 Å². The summed E-state index contributed by atoms with van der Waals surface area (Å²) in [5, 5.41) is 14.1. The van der Waals surface area contributed by atoms with E-state index < -0.39 is 0 Å². The van der Waals surface area contributed by atoms with Gasteiger partial charge in [0.15, 0.2) is 5.82 Å². The molecule has 0 bridgehead atoms. The summed E-state index contributed by atoms with van der Waals surface area (Å²) in [5.41, 5.74) is 3.98. The van der Waals surface area contributed by atoms with Crippen LogP contribution in [0.4, 0.5) is 0 Å². The Bertz CT molecular complexity index is 1350. The number of aryl methyl sites for hydroxylation is 1. The van der Waals surface area contributed by atoms with Crippen LogP contribution in [-0.4, -0.2) is 36.1 Å². The van der Waals surface area contributed by atoms with Crippen molar-refractivity contribution in [3.8, 4) is 0 Å². The molecule has 5 rings (SSSR count). The third kappa shape index (κ3) is 5.26. The van der Waals surface area contributed by atoms with Crippen molar-refractivity contribution in [1.29, 1.82) is 0 Å². The molecule has 7 heteroatoms. The number of aromatic nitrogens is 5. The van der Waals surface area contributed by atoms with E-state index in [1.165, 1.54) is 24.8 Å². The molecule has 0 amide bonds. The van der Waals surface area contributed by atoms with Gasteiger partial charge < -0.3 is 4.98 Å². The van der Waals surface area contributed by atoms with Crippen LogP contribution >= 0.6 is 0 Å². The van der Waals surface area contributed by atoms with E-state index in [2.05, 4.69) is 69.6 Å². The number of H-pyrrole nitrogens is 1. The fourth-order valence-electron chi connectivity index (χ4n) is 5.66. The molecule has 4 aromatic rings. The van der Waals surface area contributed by atoms with Crippen LogP contribution in [0.25, 0.3) is 10.9 Å². The average Bonchev–Trinajstić information content (AvgIpc) is 3.32. The van der Waals surface area contributed by atoms with Crippen LogP contribution in [0.3, 0.4) is 0 Å². The molecule has 0 spiro atoms. The van der Waals surface area contributed by atoms with Gasteiger partial charge in [0, 0.05) is 23.7 Å². The Morgan fingerprint density at radius 2 is 1.83 bits per heavy atom. The molecule has 1 atom stereocenters. The van der Waals surface area contributed by atoms with E-state index in [-0.39, 0.29) is 17.5 Å². The predicted octanol–water partition coefficient (Wildman–Crippen LogP) is 5.40. The van der Waals surface area contributed by atoms with Gasteiger partial charge in [0.05, 0.1) is 12.6 Å². The molecule has 1 fully saturated rings. The zero-order valence-electron chi connectivity index (χ0n) is 21.5. The molecule has 0 radical (unpaired) electrons. The first kappa shape index (κ1) is 24.4. The highest BCUT2D eigenvalue weighted by Crippen LogP contribution is 2.35. The van der Waals surface area contributed by atoms with Crippen molar-refractivity contribution in [2.24, 2.45) is 5.92 Å². The Kier molecular flexibility index (Phi) is 7.28. The van der Waals surface area contributed by atoms with Crippen LogP contribution in [0.15, 0.2) is 59.4 Å². The van der Waals surface area contributed by atoms with Crippen molar-refractivity contribution >= 4 is 10.9 Å². The summed E-state index contributed by atoms with van der Waals surface area (Å²) in [4.78, 5) is 18.9. The fraction of sp³-hybridized carbons (Fsp3) is 0.448. The Morgan fingerprint density at radius 3 is 2.58 bits per heavy atom. The van der Waals surface area contributed by atoms with Crippen LogP contribution < -0.4 is 5.56 Å². The van der Waals surface area contributed by atoms with Crippen LogP contribution in [0.1, 0.15) is 74.5 Å². The van der Waals surface area contributed by atoms with Crippen LogP contribution in [0.2, 0.25) is 0 Å². The van der Waals surface area contributed by atoms with E-state index in [9.17, 15) is 4.79 Å². The molecule has 0 unspecified atom stereocenters. The lowest BCUT2D eigenvalue weighted by Gasteiger charge is -2.41. The first-order valence-electron chi connectivity index (χ1n) is 13.2. The Hall–Kier alpha value is -3.32. The smallest absolute Gasteiger partial charge is 0.252 e. The lowest BCUT2D eigenvalue weighted by molar-refractivity contribution is 0.0611. The molecule has 0 aliphatic heterocycles. The maximum Gasteiger partial charge on any atom is 0.252 e. The molecule has 188 valence electrons. The summed E-state index contributed by atoms with van der Waals surface area (Å²) < 4.78 is 1.93. The Balaban J connectivity index is 1.53. The Morgan fingerprint density at radius 1 is 1.06 bits per heavy atom. The number of pyridine rings is 1. The van der Waals surface area contributed by atoms with Gasteiger partial charge in [-0.05, 0) is 64.8 Å². The summed E-state index contributed by atoms with van der Waals surface area (Å²) in [6.45, 7) is 7.71. The lowest BCUT2D eigenvalue weighted by Crippen LogP contribution is -2.43. The molecule has 1 N–H and O–H groups in total. The van der Waals surface area contributed by atoms with E-state index in [1.807, 2.05) is 35.9 Å². The summed E-state index contributed by atoms with van der Waals surface area (Å²) in [7, 11) is 0. The first-order valence-corrected chi connectivity index (χ1v) is 13.2. The maximum absolute atomic E-state index is 13.2. The number of hydrogen-bond acceptors (Lipinski definition) is 5. The Labute approximate surface area is 212 Å². The van der Waals surface area contributed by atoms with Crippen molar-refractivity contribution in [3.63, 3.8) is 0 Å². The van der Waals surface area contributed by atoms with Gasteiger partial charge in [-0.1, -0.05) is 75.6 Å². The highest BCUT2D eigenvalue weighted by atomic mass is 16.1. The van der Waals surface area contributed by atoms with Crippen molar-refractivity contribution in [1.82, 2.24) is 30.1 Å². The van der Waals surface area contributed by atoms with Crippen molar-refractivity contribution < 1.29 is 0 Å². The van der Waals surface area contributed by atoms with Crippen molar-refractivity contribution in [3.05, 3.63) is 87.5 Å². The molecule has 36 heavy (non-hydrogen) atoms. The fourth-order valence-corrected chi connectivity index (χ4v) is 5.66. The van der Waals surface area contributed by atoms with Gasteiger partial charge >= 0.3 is 0 Å². The molecule has 1 aliphatic carbocycles. The van der Waals surface area contributed by atoms with Crippen molar-refractivity contribution in [2.45, 2.75) is 78.0 Å². The van der Waals surface area contributed by atoms with E-state index in [0.29, 0.717) is 19.1 Å². The number of tetrazole rings is 1. The van der Waals surface area contributed by atoms with E-state index in [4.69, 9.17) is 0 Å². The number of fused-ring (bicyclic) bond motifs is 1. The number of benzene rings is 2. The third-order valence-corrected chi connectivity index (χ3v) is 7.46. The van der Waals surface area contributed by atoms with Gasteiger partial charge in [0.1, 0.15) is 0 Å². The average molecular weight is 485 g/mol. The SMILES string of the molecule is Cc1ccc2cc(CN(C3CCCCC3)[C@H](c3nnnn3Cc3ccccc3)C(C)C)c(=O)[nH]c2c1. The van der Waals surface area contributed by atoms with Crippen LogP contribution in [0, 0.1) is 12.8 Å². The predicted molar refractivity (Wildman–Crippen MR) is 143 cm³/mol. The molecular formula is C29H36N6O. The first-order chi connectivity index (χ1) is 17.5. The minimum Gasteiger partial charge on any atom is -0.322 e. The zero-order chi connectivity index (χ0) is 25.1. The number of nitrogens with one attached hydrogen (secondary N) is 1. The number of nitrogens with zero attached hydrogens (tertiary/aromatic N) is 5. The molecule has 7 nitrogen and oxygen atoms in total. The number of aromatic amines is 1. The number of rotatable bonds is 8. The van der Waals surface area contributed by atoms with Gasteiger partial charge in [-0.15, -0.1) is 5.10 Å². The van der Waals surface area contributed by atoms with Crippen LogP contribution in [0.5, 0.6) is 0 Å². The number of hydrogen-bond donors (Lipinski definition) is 1. The topological polar surface area (TPSA) is 79.7 Å². The normalized spacial score (nSPS) is 15.7. The highest BCUT2D eigenvalue weighted by molar-refractivity contribution is 5.79. The molecular weight excluding hydrogens is 448 g/mol. The maximum atomic E-state index is 13.2. The van der Waals surface area contributed by atoms with Gasteiger partial charge in [-0.2, -0.15) is 0 Å². The quantitative estimate of drug-likeness (QED) is 0.362. The van der Waals surface area contributed by atoms with E-state index in [1.54, 1.807) is 0 Å². The minimum absolute atomic E-state index is 0.0000676. The molecule has 1 saturated carbocycles. The van der Waals surface area contributed by atoms with E-state index in [0.717, 1.165) is 40.7 Å². The second kappa shape index (κ2) is 10.7. The second-order valence-corrected chi connectivity index (χ2v) is 10.5. The van der Waals surface area contributed by atoms with E-state index >= 15 is 0 Å². The largest absolute Gasteiger partial charge is 0.322 e. The third-order valence-electron chi connectivity index (χ3n) is 7.46. The monoisotopic (exact) mass is 484 g/mol. The molecule has 2 aromatic carbocycles. The summed E-state index contributed by atoms with van der Waals surface area (Å²) in [6, 6.07) is 19.0. The highest BCUT2D eigenvalue weighted by Gasteiger charge is 2.35. The molecule has 1 aliphatic rings.